The van der Waals surface area contributed by atoms with Crippen LogP contribution in [0.2, 0.25) is 5.02 Å². The smallest absolute Gasteiger partial charge is 0.163 e. The third kappa shape index (κ3) is 3.96. The third-order valence-electron chi connectivity index (χ3n) is 4.21. The van der Waals surface area contributed by atoms with Crippen LogP contribution in [0.5, 0.6) is 5.75 Å². The lowest BCUT2D eigenvalue weighted by atomic mass is 10.0. The maximum absolute atomic E-state index is 11.5. The number of Topliss-reactive ketones (excluding diaryl/α,β-unsaturated/α-hetero) is 1. The Balaban J connectivity index is 2.09. The predicted octanol–water partition coefficient (Wildman–Crippen LogP) is 2.77. The second-order valence-corrected chi connectivity index (χ2v) is 6.42. The Kier molecular flexibility index (Phi) is 5.25. The van der Waals surface area contributed by atoms with Gasteiger partial charge in [0.05, 0.1) is 5.56 Å². The molecule has 1 saturated heterocycles. The highest BCUT2D eigenvalue weighted by atomic mass is 35.5. The summed E-state index contributed by atoms with van der Waals surface area (Å²) in [6, 6.07) is 3.91. The highest BCUT2D eigenvalue weighted by Gasteiger charge is 2.22. The molecule has 0 atom stereocenters. The molecule has 0 aromatic heterocycles. The molecule has 2 rings (SSSR count). The molecule has 1 aromatic carbocycles. The number of nitrogens with zero attached hydrogens (tertiary/aromatic N) is 2. The summed E-state index contributed by atoms with van der Waals surface area (Å²) in [4.78, 5) is 16.1. The maximum atomic E-state index is 11.5. The number of phenols is 1. The van der Waals surface area contributed by atoms with Crippen molar-refractivity contribution in [2.45, 2.75) is 32.4 Å². The standard InChI is InChI=1S/C16H23ClN2O2/c1-11(20)15-9-13(17)8-12(16(15)21)10-19-6-4-14(5-7-19)18(2)3/h8-9,14,21H,4-7,10H2,1-3H3. The summed E-state index contributed by atoms with van der Waals surface area (Å²) < 4.78 is 0. The SMILES string of the molecule is CC(=O)c1cc(Cl)cc(CN2CCC(N(C)C)CC2)c1O. The Morgan fingerprint density at radius 3 is 2.52 bits per heavy atom. The fourth-order valence-electron chi connectivity index (χ4n) is 2.88. The summed E-state index contributed by atoms with van der Waals surface area (Å²) in [5.41, 5.74) is 1.04. The van der Waals surface area contributed by atoms with E-state index in [1.165, 1.54) is 13.0 Å². The molecule has 4 nitrogen and oxygen atoms in total. The van der Waals surface area contributed by atoms with Crippen molar-refractivity contribution in [2.24, 2.45) is 0 Å². The number of benzene rings is 1. The topological polar surface area (TPSA) is 43.8 Å². The number of hydrogen-bond donors (Lipinski definition) is 1. The zero-order valence-electron chi connectivity index (χ0n) is 12.9. The predicted molar refractivity (Wildman–Crippen MR) is 85.1 cm³/mol. The van der Waals surface area contributed by atoms with E-state index in [1.807, 2.05) is 0 Å². The number of hydrogen-bond acceptors (Lipinski definition) is 4. The number of aromatic hydroxyl groups is 1. The van der Waals surface area contributed by atoms with E-state index in [4.69, 9.17) is 11.6 Å². The molecule has 1 aliphatic rings. The maximum Gasteiger partial charge on any atom is 0.163 e. The van der Waals surface area contributed by atoms with Crippen LogP contribution in [-0.4, -0.2) is 53.9 Å². The lowest BCUT2D eigenvalue weighted by Crippen LogP contribution is -2.41. The molecule has 0 unspecified atom stereocenters. The van der Waals surface area contributed by atoms with Crippen LogP contribution >= 0.6 is 11.6 Å². The van der Waals surface area contributed by atoms with Crippen LogP contribution in [0.15, 0.2) is 12.1 Å². The molecule has 1 fully saturated rings. The van der Waals surface area contributed by atoms with E-state index >= 15 is 0 Å². The molecule has 21 heavy (non-hydrogen) atoms. The Morgan fingerprint density at radius 2 is 2.00 bits per heavy atom. The van der Waals surface area contributed by atoms with Gasteiger partial charge in [-0.2, -0.15) is 0 Å². The number of carbonyl (C=O) groups excluding carboxylic acids is 1. The third-order valence-corrected chi connectivity index (χ3v) is 4.43. The molecule has 0 bridgehead atoms. The van der Waals surface area contributed by atoms with E-state index < -0.39 is 0 Å². The van der Waals surface area contributed by atoms with Crippen molar-refractivity contribution >= 4 is 17.4 Å². The molecule has 0 radical (unpaired) electrons. The lowest BCUT2D eigenvalue weighted by molar-refractivity contribution is 0.101. The molecule has 0 amide bonds. The van der Waals surface area contributed by atoms with Gasteiger partial charge in [0.25, 0.3) is 0 Å². The normalized spacial score (nSPS) is 17.4. The van der Waals surface area contributed by atoms with Crippen LogP contribution in [-0.2, 0) is 6.54 Å². The average Bonchev–Trinajstić information content (AvgIpc) is 2.42. The van der Waals surface area contributed by atoms with Crippen molar-refractivity contribution in [3.05, 3.63) is 28.3 Å². The minimum Gasteiger partial charge on any atom is -0.507 e. The number of piperidine rings is 1. The molecule has 1 N–H and O–H groups in total. The quantitative estimate of drug-likeness (QED) is 0.869. The zero-order valence-corrected chi connectivity index (χ0v) is 13.7. The number of likely N-dealkylation sites (tertiary alicyclic amines) is 1. The highest BCUT2D eigenvalue weighted by Crippen LogP contribution is 2.29. The van der Waals surface area contributed by atoms with E-state index in [-0.39, 0.29) is 11.5 Å². The van der Waals surface area contributed by atoms with Gasteiger partial charge in [0, 0.05) is 23.2 Å². The van der Waals surface area contributed by atoms with Crippen LogP contribution < -0.4 is 0 Å². The summed E-state index contributed by atoms with van der Waals surface area (Å²) in [5, 5.41) is 10.7. The molecule has 116 valence electrons. The molecule has 0 saturated carbocycles. The lowest BCUT2D eigenvalue weighted by Gasteiger charge is -2.35. The van der Waals surface area contributed by atoms with Gasteiger partial charge in [0.2, 0.25) is 0 Å². The molecule has 0 aliphatic carbocycles. The van der Waals surface area contributed by atoms with Crippen LogP contribution in [0.25, 0.3) is 0 Å². The number of phenolic OH excluding ortho intramolecular Hbond substituents is 1. The van der Waals surface area contributed by atoms with Crippen molar-refractivity contribution in [3.8, 4) is 5.75 Å². The van der Waals surface area contributed by atoms with Gasteiger partial charge >= 0.3 is 0 Å². The average molecular weight is 311 g/mol. The van der Waals surface area contributed by atoms with Gasteiger partial charge in [-0.15, -0.1) is 0 Å². The minimum absolute atomic E-state index is 0.0710. The van der Waals surface area contributed by atoms with Crippen molar-refractivity contribution in [1.29, 1.82) is 0 Å². The second-order valence-electron chi connectivity index (χ2n) is 5.99. The largest absolute Gasteiger partial charge is 0.507 e. The van der Waals surface area contributed by atoms with Crippen molar-refractivity contribution < 1.29 is 9.90 Å². The van der Waals surface area contributed by atoms with Crippen LogP contribution in [0.3, 0.4) is 0 Å². The summed E-state index contributed by atoms with van der Waals surface area (Å²) >= 11 is 6.06. The van der Waals surface area contributed by atoms with Crippen LogP contribution in [0.1, 0.15) is 35.7 Å². The van der Waals surface area contributed by atoms with E-state index in [0.717, 1.165) is 31.5 Å². The number of carbonyl (C=O) groups is 1. The summed E-state index contributed by atoms with van der Waals surface area (Å²) in [6.45, 7) is 4.05. The number of halogens is 1. The summed E-state index contributed by atoms with van der Waals surface area (Å²) in [6.07, 6.45) is 2.24. The first-order valence-electron chi connectivity index (χ1n) is 7.29. The second kappa shape index (κ2) is 6.77. The Bertz CT molecular complexity index is 523. The molecule has 1 aromatic rings. The van der Waals surface area contributed by atoms with Gasteiger partial charge in [0.15, 0.2) is 5.78 Å². The molecule has 1 aliphatic heterocycles. The van der Waals surface area contributed by atoms with Gasteiger partial charge in [-0.05, 0) is 59.1 Å². The van der Waals surface area contributed by atoms with Crippen LogP contribution in [0, 0.1) is 0 Å². The molecular formula is C16H23ClN2O2. The molecular weight excluding hydrogens is 288 g/mol. The van der Waals surface area contributed by atoms with Gasteiger partial charge in [-0.1, -0.05) is 11.6 Å². The molecule has 5 heteroatoms. The fraction of sp³-hybridized carbons (Fsp3) is 0.562. The van der Waals surface area contributed by atoms with Gasteiger partial charge in [-0.25, -0.2) is 0 Å². The number of rotatable bonds is 4. The fourth-order valence-corrected chi connectivity index (χ4v) is 3.12. The summed E-state index contributed by atoms with van der Waals surface area (Å²) in [5.74, 6) is -0.0933. The van der Waals surface area contributed by atoms with E-state index in [1.54, 1.807) is 6.07 Å². The molecule has 0 spiro atoms. The first kappa shape index (κ1) is 16.3. The Hall–Kier alpha value is -1.10. The van der Waals surface area contributed by atoms with Gasteiger partial charge in [-0.3, -0.25) is 9.69 Å². The van der Waals surface area contributed by atoms with Crippen molar-refractivity contribution in [3.63, 3.8) is 0 Å². The van der Waals surface area contributed by atoms with E-state index in [9.17, 15) is 9.90 Å². The minimum atomic E-state index is -0.164. The number of ketones is 1. The first-order chi connectivity index (χ1) is 9.88. The van der Waals surface area contributed by atoms with E-state index in [0.29, 0.717) is 23.2 Å². The van der Waals surface area contributed by atoms with Gasteiger partial charge in [0.1, 0.15) is 5.75 Å². The van der Waals surface area contributed by atoms with Crippen LogP contribution in [0.4, 0.5) is 0 Å². The van der Waals surface area contributed by atoms with Crippen molar-refractivity contribution in [1.82, 2.24) is 9.80 Å². The molecule has 1 heterocycles. The summed E-state index contributed by atoms with van der Waals surface area (Å²) in [7, 11) is 4.23. The monoisotopic (exact) mass is 310 g/mol. The first-order valence-corrected chi connectivity index (χ1v) is 7.67. The zero-order chi connectivity index (χ0) is 15.6. The Labute approximate surface area is 131 Å². The Morgan fingerprint density at radius 1 is 1.38 bits per heavy atom. The van der Waals surface area contributed by atoms with E-state index in [2.05, 4.69) is 23.9 Å². The highest BCUT2D eigenvalue weighted by molar-refractivity contribution is 6.31. The van der Waals surface area contributed by atoms with Crippen molar-refractivity contribution in [2.75, 3.05) is 27.2 Å². The van der Waals surface area contributed by atoms with Gasteiger partial charge < -0.3 is 10.0 Å².